The van der Waals surface area contributed by atoms with Gasteiger partial charge in [0.25, 0.3) is 0 Å². The van der Waals surface area contributed by atoms with Gasteiger partial charge in [0.05, 0.1) is 5.69 Å². The highest BCUT2D eigenvalue weighted by atomic mass is 32.1. The minimum Gasteiger partial charge on any atom is -0.380 e. The van der Waals surface area contributed by atoms with Gasteiger partial charge in [-0.15, -0.1) is 11.3 Å². The van der Waals surface area contributed by atoms with Crippen molar-refractivity contribution in [2.45, 2.75) is 13.5 Å². The van der Waals surface area contributed by atoms with Crippen molar-refractivity contribution in [1.29, 1.82) is 0 Å². The molecule has 0 aliphatic rings. The van der Waals surface area contributed by atoms with Crippen molar-refractivity contribution in [1.82, 2.24) is 4.98 Å². The number of anilines is 1. The van der Waals surface area contributed by atoms with E-state index in [2.05, 4.69) is 58.2 Å². The monoisotopic (exact) mass is 306 g/mol. The van der Waals surface area contributed by atoms with Crippen molar-refractivity contribution in [3.05, 3.63) is 81.8 Å². The van der Waals surface area contributed by atoms with E-state index in [1.165, 1.54) is 10.4 Å². The van der Waals surface area contributed by atoms with Crippen LogP contribution in [0.5, 0.6) is 0 Å². The van der Waals surface area contributed by atoms with E-state index in [1.807, 2.05) is 31.2 Å². The van der Waals surface area contributed by atoms with Gasteiger partial charge >= 0.3 is 0 Å². The second-order valence-corrected chi connectivity index (χ2v) is 6.13. The molecule has 3 heteroatoms. The third-order valence-electron chi connectivity index (χ3n) is 3.29. The Morgan fingerprint density at radius 3 is 2.77 bits per heavy atom. The molecule has 22 heavy (non-hydrogen) atoms. The van der Waals surface area contributed by atoms with Crippen molar-refractivity contribution in [2.24, 2.45) is 0 Å². The molecule has 1 aromatic carbocycles. The molecule has 3 aromatic rings. The fourth-order valence-electron chi connectivity index (χ4n) is 2.19. The number of nitrogens with one attached hydrogen (secondary N) is 1. The summed E-state index contributed by atoms with van der Waals surface area (Å²) in [6.45, 7) is 2.87. The zero-order valence-electron chi connectivity index (χ0n) is 12.5. The first kappa shape index (κ1) is 14.5. The van der Waals surface area contributed by atoms with Crippen LogP contribution in [-0.2, 0) is 6.54 Å². The molecule has 0 saturated carbocycles. The van der Waals surface area contributed by atoms with E-state index in [0.717, 1.165) is 23.6 Å². The minimum atomic E-state index is 0.865. The van der Waals surface area contributed by atoms with Crippen LogP contribution in [0.3, 0.4) is 0 Å². The lowest BCUT2D eigenvalue weighted by molar-refractivity contribution is 1.18. The lowest BCUT2D eigenvalue weighted by Gasteiger charge is -2.05. The summed E-state index contributed by atoms with van der Waals surface area (Å²) >= 11 is 1.77. The van der Waals surface area contributed by atoms with Gasteiger partial charge in [-0.05, 0) is 54.3 Å². The van der Waals surface area contributed by atoms with Gasteiger partial charge in [0.15, 0.2) is 0 Å². The molecular formula is C19H18N2S. The van der Waals surface area contributed by atoms with Crippen LogP contribution in [-0.4, -0.2) is 4.98 Å². The number of aromatic nitrogens is 1. The fourth-order valence-corrected chi connectivity index (χ4v) is 2.84. The first-order valence-electron chi connectivity index (χ1n) is 7.28. The van der Waals surface area contributed by atoms with Gasteiger partial charge in [-0.3, -0.25) is 4.98 Å². The van der Waals surface area contributed by atoms with E-state index < -0.39 is 0 Å². The van der Waals surface area contributed by atoms with Gasteiger partial charge in [0.2, 0.25) is 0 Å². The summed E-state index contributed by atoms with van der Waals surface area (Å²) < 4.78 is 0. The van der Waals surface area contributed by atoms with Crippen molar-refractivity contribution >= 4 is 29.2 Å². The van der Waals surface area contributed by atoms with Crippen molar-refractivity contribution in [3.63, 3.8) is 0 Å². The number of thiophene rings is 1. The summed E-state index contributed by atoms with van der Waals surface area (Å²) in [5.41, 5.74) is 4.32. The molecule has 0 fully saturated rings. The summed E-state index contributed by atoms with van der Waals surface area (Å²) in [4.78, 5) is 5.82. The van der Waals surface area contributed by atoms with E-state index >= 15 is 0 Å². The molecular weight excluding hydrogens is 288 g/mol. The molecule has 0 bridgehead atoms. The van der Waals surface area contributed by atoms with Gasteiger partial charge in [0, 0.05) is 22.8 Å². The first-order valence-corrected chi connectivity index (χ1v) is 8.16. The Morgan fingerprint density at radius 1 is 1.05 bits per heavy atom. The molecule has 2 nitrogen and oxygen atoms in total. The Bertz CT molecular complexity index is 761. The molecule has 3 rings (SSSR count). The highest BCUT2D eigenvalue weighted by molar-refractivity contribution is 7.09. The Labute approximate surface area is 135 Å². The van der Waals surface area contributed by atoms with Crippen LogP contribution in [0.15, 0.2) is 60.0 Å². The molecule has 0 spiro atoms. The molecule has 0 radical (unpaired) electrons. The van der Waals surface area contributed by atoms with E-state index in [-0.39, 0.29) is 0 Å². The zero-order chi connectivity index (χ0) is 15.2. The summed E-state index contributed by atoms with van der Waals surface area (Å²) in [5, 5.41) is 5.56. The Balaban J connectivity index is 1.68. The predicted octanol–water partition coefficient (Wildman–Crippen LogP) is 5.23. The molecule has 2 heterocycles. The van der Waals surface area contributed by atoms with Crippen LogP contribution in [0.2, 0.25) is 0 Å². The molecule has 110 valence electrons. The zero-order valence-corrected chi connectivity index (χ0v) is 13.3. The number of hydrogen-bond donors (Lipinski definition) is 1. The largest absolute Gasteiger partial charge is 0.380 e. The third kappa shape index (κ3) is 4.06. The SMILES string of the molecule is Cc1cccc(C=Cc2cccc(NCc3cccs3)c2)n1. The van der Waals surface area contributed by atoms with E-state index in [1.54, 1.807) is 11.3 Å². The molecule has 0 unspecified atom stereocenters. The molecule has 0 aliphatic carbocycles. The second-order valence-electron chi connectivity index (χ2n) is 5.10. The summed E-state index contributed by atoms with van der Waals surface area (Å²) in [5.74, 6) is 0. The Hall–Kier alpha value is -2.39. The van der Waals surface area contributed by atoms with E-state index in [4.69, 9.17) is 0 Å². The highest BCUT2D eigenvalue weighted by Crippen LogP contribution is 2.16. The number of nitrogens with zero attached hydrogens (tertiary/aromatic N) is 1. The molecule has 0 atom stereocenters. The number of hydrogen-bond acceptors (Lipinski definition) is 3. The maximum absolute atomic E-state index is 4.48. The van der Waals surface area contributed by atoms with Crippen molar-refractivity contribution in [2.75, 3.05) is 5.32 Å². The van der Waals surface area contributed by atoms with Crippen LogP contribution in [0.1, 0.15) is 21.8 Å². The number of pyridine rings is 1. The minimum absolute atomic E-state index is 0.865. The quantitative estimate of drug-likeness (QED) is 0.698. The summed E-state index contributed by atoms with van der Waals surface area (Å²) in [6, 6.07) is 18.7. The summed E-state index contributed by atoms with van der Waals surface area (Å²) in [6.07, 6.45) is 4.14. The third-order valence-corrected chi connectivity index (χ3v) is 4.17. The highest BCUT2D eigenvalue weighted by Gasteiger charge is 1.96. The maximum atomic E-state index is 4.48. The fraction of sp³-hybridized carbons (Fsp3) is 0.105. The topological polar surface area (TPSA) is 24.9 Å². The predicted molar refractivity (Wildman–Crippen MR) is 96.0 cm³/mol. The van der Waals surface area contributed by atoms with Crippen LogP contribution in [0.25, 0.3) is 12.2 Å². The van der Waals surface area contributed by atoms with Crippen LogP contribution in [0, 0.1) is 6.92 Å². The number of aryl methyl sites for hydroxylation is 1. The summed E-state index contributed by atoms with van der Waals surface area (Å²) in [7, 11) is 0. The Kier molecular flexibility index (Phi) is 4.66. The standard InChI is InChI=1S/C19H18N2S/c1-15-5-2-7-17(21-15)11-10-16-6-3-8-18(13-16)20-14-19-9-4-12-22-19/h2-13,20H,14H2,1H3. The van der Waals surface area contributed by atoms with Crippen LogP contribution >= 0.6 is 11.3 Å². The molecule has 2 aromatic heterocycles. The molecule has 0 amide bonds. The second kappa shape index (κ2) is 7.05. The van der Waals surface area contributed by atoms with Crippen molar-refractivity contribution in [3.8, 4) is 0 Å². The van der Waals surface area contributed by atoms with E-state index in [0.29, 0.717) is 0 Å². The van der Waals surface area contributed by atoms with E-state index in [9.17, 15) is 0 Å². The lowest BCUT2D eigenvalue weighted by atomic mass is 10.1. The van der Waals surface area contributed by atoms with Gasteiger partial charge < -0.3 is 5.32 Å². The normalized spacial score (nSPS) is 11.0. The van der Waals surface area contributed by atoms with Crippen molar-refractivity contribution < 1.29 is 0 Å². The Morgan fingerprint density at radius 2 is 1.95 bits per heavy atom. The average Bonchev–Trinajstić information content (AvgIpc) is 3.05. The molecule has 1 N–H and O–H groups in total. The van der Waals surface area contributed by atoms with Crippen LogP contribution in [0.4, 0.5) is 5.69 Å². The first-order chi connectivity index (χ1) is 10.8. The van der Waals surface area contributed by atoms with Gasteiger partial charge in [-0.1, -0.05) is 30.3 Å². The number of benzene rings is 1. The number of rotatable bonds is 5. The average molecular weight is 306 g/mol. The molecule has 0 aliphatic heterocycles. The van der Waals surface area contributed by atoms with Crippen LogP contribution < -0.4 is 5.32 Å². The van der Waals surface area contributed by atoms with Gasteiger partial charge in [-0.25, -0.2) is 0 Å². The lowest BCUT2D eigenvalue weighted by Crippen LogP contribution is -1.97. The smallest absolute Gasteiger partial charge is 0.0633 e. The molecule has 0 saturated heterocycles. The maximum Gasteiger partial charge on any atom is 0.0633 e. The van der Waals surface area contributed by atoms with Gasteiger partial charge in [0.1, 0.15) is 0 Å². The van der Waals surface area contributed by atoms with Gasteiger partial charge in [-0.2, -0.15) is 0 Å².